The number of benzene rings is 1. The number of hydrogen-bond donors (Lipinski definition) is 2. The molecule has 3 rings (SSSR count). The van der Waals surface area contributed by atoms with Crippen LogP contribution in [-0.4, -0.2) is 48.6 Å². The van der Waals surface area contributed by atoms with Crippen molar-refractivity contribution in [2.75, 3.05) is 19.4 Å². The largest absolute Gasteiger partial charge is 0.395 e. The van der Waals surface area contributed by atoms with Crippen LogP contribution in [0.4, 0.5) is 0 Å². The van der Waals surface area contributed by atoms with Gasteiger partial charge < -0.3 is 10.4 Å². The van der Waals surface area contributed by atoms with Gasteiger partial charge in [0.05, 0.1) is 23.2 Å². The molecule has 1 aromatic carbocycles. The molecule has 1 amide bonds. The Bertz CT molecular complexity index is 898. The Kier molecular flexibility index (Phi) is 5.96. The molecule has 0 aliphatic heterocycles. The van der Waals surface area contributed by atoms with Crippen molar-refractivity contribution in [3.05, 3.63) is 36.0 Å². The Balaban J connectivity index is 1.98. The molecule has 146 valence electrons. The molecule has 0 saturated heterocycles. The topological polar surface area (TPSA) is 101 Å². The second-order valence-electron chi connectivity index (χ2n) is 6.93. The molecule has 8 heteroatoms. The number of aromatic nitrogens is 2. The predicted octanol–water partition coefficient (Wildman–Crippen LogP) is 2.18. The maximum atomic E-state index is 12.3. The molecular weight excluding hydrogens is 366 g/mol. The van der Waals surface area contributed by atoms with Crippen molar-refractivity contribution in [2.45, 2.75) is 43.0 Å². The number of rotatable bonds is 6. The minimum atomic E-state index is -3.26. The zero-order valence-electron chi connectivity index (χ0n) is 15.4. The molecule has 27 heavy (non-hydrogen) atoms. The fraction of sp³-hybridized carbons (Fsp3) is 0.474. The van der Waals surface area contributed by atoms with Crippen LogP contribution in [0.1, 0.15) is 48.6 Å². The average Bonchev–Trinajstić information content (AvgIpc) is 3.12. The van der Waals surface area contributed by atoms with Gasteiger partial charge in [-0.3, -0.25) is 9.48 Å². The number of aliphatic hydroxyl groups is 1. The van der Waals surface area contributed by atoms with Crippen molar-refractivity contribution in [1.82, 2.24) is 15.1 Å². The number of carbonyl (C=O) groups excluding carboxylic acids is 1. The standard InChI is InChI=1S/C19H25N3O4S/c1-27(25,26)16-9-7-14(8-10-16)18-13-17(19(24)20-11-12-23)21-22(18)15-5-3-2-4-6-15/h7-10,13,15,23H,2-6,11-12H2,1H3,(H,20,24). The third kappa shape index (κ3) is 4.56. The minimum absolute atomic E-state index is 0.130. The number of amides is 1. The number of aliphatic hydroxyl groups excluding tert-OH is 1. The summed E-state index contributed by atoms with van der Waals surface area (Å²) in [4.78, 5) is 12.6. The monoisotopic (exact) mass is 391 g/mol. The zero-order valence-corrected chi connectivity index (χ0v) is 16.2. The Morgan fingerprint density at radius 2 is 1.89 bits per heavy atom. The number of nitrogens with one attached hydrogen (secondary N) is 1. The molecule has 0 unspecified atom stereocenters. The van der Waals surface area contributed by atoms with E-state index in [4.69, 9.17) is 5.11 Å². The third-order valence-corrected chi connectivity index (χ3v) is 5.99. The summed E-state index contributed by atoms with van der Waals surface area (Å²) in [5.41, 5.74) is 1.92. The minimum Gasteiger partial charge on any atom is -0.395 e. The smallest absolute Gasteiger partial charge is 0.271 e. The molecule has 1 aromatic heterocycles. The van der Waals surface area contributed by atoms with Gasteiger partial charge in [-0.2, -0.15) is 5.10 Å². The fourth-order valence-corrected chi connectivity index (χ4v) is 4.09. The van der Waals surface area contributed by atoms with Gasteiger partial charge in [-0.1, -0.05) is 31.4 Å². The Morgan fingerprint density at radius 1 is 1.22 bits per heavy atom. The summed E-state index contributed by atoms with van der Waals surface area (Å²) < 4.78 is 25.3. The van der Waals surface area contributed by atoms with E-state index in [0.717, 1.165) is 36.9 Å². The van der Waals surface area contributed by atoms with Crippen LogP contribution in [0, 0.1) is 0 Å². The maximum absolute atomic E-state index is 12.3. The van der Waals surface area contributed by atoms with E-state index in [9.17, 15) is 13.2 Å². The summed E-state index contributed by atoms with van der Waals surface area (Å²) in [7, 11) is -3.26. The van der Waals surface area contributed by atoms with Gasteiger partial charge in [0, 0.05) is 12.8 Å². The lowest BCUT2D eigenvalue weighted by molar-refractivity contribution is 0.0938. The van der Waals surface area contributed by atoms with Gasteiger partial charge in [-0.25, -0.2) is 8.42 Å². The lowest BCUT2D eigenvalue weighted by atomic mass is 9.95. The van der Waals surface area contributed by atoms with Crippen molar-refractivity contribution < 1.29 is 18.3 Å². The molecular formula is C19H25N3O4S. The molecule has 0 radical (unpaired) electrons. The quantitative estimate of drug-likeness (QED) is 0.786. The highest BCUT2D eigenvalue weighted by molar-refractivity contribution is 7.90. The molecule has 2 N–H and O–H groups in total. The van der Waals surface area contributed by atoms with Gasteiger partial charge >= 0.3 is 0 Å². The molecule has 1 heterocycles. The highest BCUT2D eigenvalue weighted by Gasteiger charge is 2.23. The summed E-state index contributed by atoms with van der Waals surface area (Å²) in [5.74, 6) is -0.326. The van der Waals surface area contributed by atoms with Gasteiger partial charge in [-0.15, -0.1) is 0 Å². The van der Waals surface area contributed by atoms with Crippen molar-refractivity contribution in [1.29, 1.82) is 0 Å². The number of hydrogen-bond acceptors (Lipinski definition) is 5. The highest BCUT2D eigenvalue weighted by Crippen LogP contribution is 2.33. The van der Waals surface area contributed by atoms with E-state index in [1.807, 2.05) is 4.68 Å². The van der Waals surface area contributed by atoms with Gasteiger partial charge in [0.25, 0.3) is 5.91 Å². The van der Waals surface area contributed by atoms with E-state index in [-0.39, 0.29) is 30.0 Å². The van der Waals surface area contributed by atoms with Crippen molar-refractivity contribution in [2.24, 2.45) is 0 Å². The van der Waals surface area contributed by atoms with Crippen LogP contribution in [0.25, 0.3) is 11.3 Å². The summed E-state index contributed by atoms with van der Waals surface area (Å²) in [5, 5.41) is 16.1. The van der Waals surface area contributed by atoms with E-state index < -0.39 is 9.84 Å². The molecule has 0 atom stereocenters. The fourth-order valence-electron chi connectivity index (χ4n) is 3.46. The van der Waals surface area contributed by atoms with Gasteiger partial charge in [0.2, 0.25) is 0 Å². The molecule has 2 aromatic rings. The normalized spacial score (nSPS) is 15.6. The molecule has 1 saturated carbocycles. The highest BCUT2D eigenvalue weighted by atomic mass is 32.2. The van der Waals surface area contributed by atoms with Gasteiger partial charge in [0.15, 0.2) is 15.5 Å². The maximum Gasteiger partial charge on any atom is 0.271 e. The summed E-state index contributed by atoms with van der Waals surface area (Å²) in [6, 6.07) is 8.62. The SMILES string of the molecule is CS(=O)(=O)c1ccc(-c2cc(C(=O)NCCO)nn2C2CCCCC2)cc1. The van der Waals surface area contributed by atoms with Crippen LogP contribution in [0.3, 0.4) is 0 Å². The number of nitrogens with zero attached hydrogens (tertiary/aromatic N) is 2. The van der Waals surface area contributed by atoms with Crippen molar-refractivity contribution >= 4 is 15.7 Å². The molecule has 0 spiro atoms. The first-order valence-corrected chi connectivity index (χ1v) is 11.1. The number of carbonyl (C=O) groups is 1. The van der Waals surface area contributed by atoms with E-state index >= 15 is 0 Å². The summed E-state index contributed by atoms with van der Waals surface area (Å²) >= 11 is 0. The lowest BCUT2D eigenvalue weighted by Gasteiger charge is -2.24. The van der Waals surface area contributed by atoms with Crippen LogP contribution in [0.15, 0.2) is 35.2 Å². The van der Waals surface area contributed by atoms with Gasteiger partial charge in [-0.05, 0) is 36.6 Å². The summed E-state index contributed by atoms with van der Waals surface area (Å²) in [6.07, 6.45) is 6.66. The average molecular weight is 391 g/mol. The molecule has 0 bridgehead atoms. The molecule has 7 nitrogen and oxygen atoms in total. The second kappa shape index (κ2) is 8.22. The van der Waals surface area contributed by atoms with Crippen LogP contribution in [0.5, 0.6) is 0 Å². The first-order chi connectivity index (χ1) is 12.9. The molecule has 1 aliphatic rings. The Morgan fingerprint density at radius 3 is 2.48 bits per heavy atom. The van der Waals surface area contributed by atoms with Crippen LogP contribution in [-0.2, 0) is 9.84 Å². The van der Waals surface area contributed by atoms with Crippen molar-refractivity contribution in [3.63, 3.8) is 0 Å². The van der Waals surface area contributed by atoms with Crippen LogP contribution >= 0.6 is 0 Å². The van der Waals surface area contributed by atoms with E-state index in [1.165, 1.54) is 12.7 Å². The van der Waals surface area contributed by atoms with Crippen LogP contribution < -0.4 is 5.32 Å². The Labute approximate surface area is 159 Å². The van der Waals surface area contributed by atoms with E-state index in [2.05, 4.69) is 10.4 Å². The predicted molar refractivity (Wildman–Crippen MR) is 102 cm³/mol. The van der Waals surface area contributed by atoms with Crippen LogP contribution in [0.2, 0.25) is 0 Å². The van der Waals surface area contributed by atoms with Crippen molar-refractivity contribution in [3.8, 4) is 11.3 Å². The number of sulfone groups is 1. The Hall–Kier alpha value is -2.19. The van der Waals surface area contributed by atoms with Gasteiger partial charge in [0.1, 0.15) is 0 Å². The van der Waals surface area contributed by atoms with E-state index in [0.29, 0.717) is 5.69 Å². The van der Waals surface area contributed by atoms with E-state index in [1.54, 1.807) is 30.3 Å². The zero-order chi connectivity index (χ0) is 19.4. The second-order valence-corrected chi connectivity index (χ2v) is 8.94. The lowest BCUT2D eigenvalue weighted by Crippen LogP contribution is -2.27. The first-order valence-electron chi connectivity index (χ1n) is 9.19. The first kappa shape index (κ1) is 19.6. The molecule has 1 fully saturated rings. The molecule has 1 aliphatic carbocycles. The summed E-state index contributed by atoms with van der Waals surface area (Å²) in [6.45, 7) is 0.0440. The third-order valence-electron chi connectivity index (χ3n) is 4.86.